The first-order valence-electron chi connectivity index (χ1n) is 4.94. The number of carbonyl (C=O) groups is 2. The highest BCUT2D eigenvalue weighted by Crippen LogP contribution is 2.31. The highest BCUT2D eigenvalue weighted by Gasteiger charge is 2.43. The van der Waals surface area contributed by atoms with Crippen molar-refractivity contribution in [3.63, 3.8) is 0 Å². The van der Waals surface area contributed by atoms with Gasteiger partial charge >= 0.3 is 0 Å². The quantitative estimate of drug-likeness (QED) is 0.674. The van der Waals surface area contributed by atoms with Crippen molar-refractivity contribution in [1.29, 1.82) is 0 Å². The van der Waals surface area contributed by atoms with E-state index in [1.54, 1.807) is 5.01 Å². The third kappa shape index (κ3) is 1.80. The van der Waals surface area contributed by atoms with E-state index in [0.717, 1.165) is 6.42 Å². The minimum Gasteiger partial charge on any atom is -0.298 e. The van der Waals surface area contributed by atoms with Crippen LogP contribution in [0.25, 0.3) is 0 Å². The summed E-state index contributed by atoms with van der Waals surface area (Å²) < 4.78 is 0. The Balaban J connectivity index is 2.80. The van der Waals surface area contributed by atoms with Crippen LogP contribution in [0, 0.1) is 0 Å². The summed E-state index contributed by atoms with van der Waals surface area (Å²) in [5.41, 5.74) is -0.119. The standard InChI is InChI=1S/C10H18N2O2/c1-5-10(3)6-9(14)12(11(10)4)7-8(2)13/h5-7H2,1-4H3. The Hall–Kier alpha value is -0.900. The second-order valence-corrected chi connectivity index (χ2v) is 4.20. The highest BCUT2D eigenvalue weighted by molar-refractivity contribution is 5.86. The molecule has 0 bridgehead atoms. The highest BCUT2D eigenvalue weighted by atomic mass is 16.2. The van der Waals surface area contributed by atoms with Gasteiger partial charge in [0.2, 0.25) is 5.91 Å². The normalized spacial score (nSPS) is 28.6. The number of ketones is 1. The number of Topliss-reactive ketones (excluding diaryl/α,β-unsaturated/α-hetero) is 1. The fourth-order valence-corrected chi connectivity index (χ4v) is 1.75. The molecule has 1 heterocycles. The Labute approximate surface area is 84.8 Å². The molecule has 1 atom stereocenters. The first-order valence-corrected chi connectivity index (χ1v) is 4.94. The minimum atomic E-state index is -0.119. The van der Waals surface area contributed by atoms with Gasteiger partial charge in [-0.3, -0.25) is 14.6 Å². The largest absolute Gasteiger partial charge is 0.298 e. The Morgan fingerprint density at radius 1 is 1.57 bits per heavy atom. The van der Waals surface area contributed by atoms with Crippen molar-refractivity contribution in [3.8, 4) is 0 Å². The maximum atomic E-state index is 11.6. The van der Waals surface area contributed by atoms with Crippen molar-refractivity contribution < 1.29 is 9.59 Å². The number of hydrazine groups is 1. The first-order chi connectivity index (χ1) is 6.40. The van der Waals surface area contributed by atoms with E-state index in [2.05, 4.69) is 6.92 Å². The van der Waals surface area contributed by atoms with Gasteiger partial charge in [-0.2, -0.15) is 0 Å². The van der Waals surface area contributed by atoms with Crippen LogP contribution in [-0.4, -0.2) is 40.8 Å². The molecule has 4 nitrogen and oxygen atoms in total. The van der Waals surface area contributed by atoms with Gasteiger partial charge in [-0.1, -0.05) is 6.92 Å². The average Bonchev–Trinajstić information content (AvgIpc) is 2.30. The lowest BCUT2D eigenvalue weighted by Crippen LogP contribution is -2.47. The Morgan fingerprint density at radius 2 is 2.14 bits per heavy atom. The molecule has 0 aromatic rings. The van der Waals surface area contributed by atoms with Crippen LogP contribution in [0.15, 0.2) is 0 Å². The number of rotatable bonds is 3. The molecular formula is C10H18N2O2. The SMILES string of the molecule is CCC1(C)CC(=O)N(CC(C)=O)N1C. The zero-order valence-corrected chi connectivity index (χ0v) is 9.33. The van der Waals surface area contributed by atoms with Gasteiger partial charge in [0.15, 0.2) is 5.78 Å². The van der Waals surface area contributed by atoms with Crippen LogP contribution in [0.5, 0.6) is 0 Å². The van der Waals surface area contributed by atoms with E-state index in [4.69, 9.17) is 0 Å². The predicted molar refractivity (Wildman–Crippen MR) is 53.5 cm³/mol. The number of carbonyl (C=O) groups excluding carboxylic acids is 2. The number of hydrogen-bond donors (Lipinski definition) is 0. The van der Waals surface area contributed by atoms with Crippen LogP contribution in [0.2, 0.25) is 0 Å². The zero-order chi connectivity index (χ0) is 10.9. The third-order valence-electron chi connectivity index (χ3n) is 3.10. The summed E-state index contributed by atoms with van der Waals surface area (Å²) in [6.07, 6.45) is 1.41. The van der Waals surface area contributed by atoms with Crippen molar-refractivity contribution >= 4 is 11.7 Å². The van der Waals surface area contributed by atoms with Gasteiger partial charge < -0.3 is 0 Å². The van der Waals surface area contributed by atoms with Crippen molar-refractivity contribution in [1.82, 2.24) is 10.0 Å². The van der Waals surface area contributed by atoms with Gasteiger partial charge in [0, 0.05) is 19.0 Å². The first kappa shape index (κ1) is 11.2. The fraction of sp³-hybridized carbons (Fsp3) is 0.800. The molecule has 0 spiro atoms. The lowest BCUT2D eigenvalue weighted by atomic mass is 9.96. The van der Waals surface area contributed by atoms with E-state index in [1.165, 1.54) is 6.92 Å². The van der Waals surface area contributed by atoms with E-state index < -0.39 is 0 Å². The molecule has 1 rings (SSSR count). The maximum absolute atomic E-state index is 11.6. The molecule has 1 aliphatic rings. The lowest BCUT2D eigenvalue weighted by molar-refractivity contribution is -0.143. The van der Waals surface area contributed by atoms with Gasteiger partial charge in [0.05, 0.1) is 6.54 Å². The topological polar surface area (TPSA) is 40.6 Å². The Morgan fingerprint density at radius 3 is 2.50 bits per heavy atom. The van der Waals surface area contributed by atoms with Crippen LogP contribution >= 0.6 is 0 Å². The molecule has 0 saturated carbocycles. The van der Waals surface area contributed by atoms with Crippen LogP contribution in [0.4, 0.5) is 0 Å². The van der Waals surface area contributed by atoms with Crippen molar-refractivity contribution in [2.45, 2.75) is 39.2 Å². The molecule has 14 heavy (non-hydrogen) atoms. The summed E-state index contributed by atoms with van der Waals surface area (Å²) >= 11 is 0. The van der Waals surface area contributed by atoms with E-state index >= 15 is 0 Å². The second kappa shape index (κ2) is 3.69. The van der Waals surface area contributed by atoms with E-state index in [0.29, 0.717) is 6.42 Å². The minimum absolute atomic E-state index is 0.0190. The molecule has 4 heteroatoms. The maximum Gasteiger partial charge on any atom is 0.239 e. The molecule has 1 saturated heterocycles. The second-order valence-electron chi connectivity index (χ2n) is 4.20. The van der Waals surface area contributed by atoms with E-state index in [1.807, 2.05) is 19.0 Å². The Kier molecular flexibility index (Phi) is 2.95. The molecule has 0 N–H and O–H groups in total. The van der Waals surface area contributed by atoms with E-state index in [9.17, 15) is 9.59 Å². The molecular weight excluding hydrogens is 180 g/mol. The molecule has 1 aliphatic heterocycles. The van der Waals surface area contributed by atoms with Gasteiger partial charge in [-0.05, 0) is 20.3 Å². The molecule has 1 fully saturated rings. The molecule has 0 aliphatic carbocycles. The number of nitrogens with zero attached hydrogens (tertiary/aromatic N) is 2. The number of hydrogen-bond acceptors (Lipinski definition) is 3. The molecule has 80 valence electrons. The summed E-state index contributed by atoms with van der Waals surface area (Å²) in [7, 11) is 1.87. The monoisotopic (exact) mass is 198 g/mol. The smallest absolute Gasteiger partial charge is 0.239 e. The van der Waals surface area contributed by atoms with Gasteiger partial charge in [0.1, 0.15) is 0 Å². The molecule has 1 unspecified atom stereocenters. The lowest BCUT2D eigenvalue weighted by Gasteiger charge is -2.34. The van der Waals surface area contributed by atoms with Crippen LogP contribution in [0.1, 0.15) is 33.6 Å². The molecule has 0 radical (unpaired) electrons. The third-order valence-corrected chi connectivity index (χ3v) is 3.10. The number of amides is 1. The van der Waals surface area contributed by atoms with E-state index in [-0.39, 0.29) is 23.8 Å². The summed E-state index contributed by atoms with van der Waals surface area (Å²) in [5.74, 6) is 0.0672. The molecule has 0 aromatic carbocycles. The summed E-state index contributed by atoms with van der Waals surface area (Å²) in [4.78, 5) is 22.6. The van der Waals surface area contributed by atoms with Gasteiger partial charge in [-0.15, -0.1) is 0 Å². The Bertz CT molecular complexity index is 265. The zero-order valence-electron chi connectivity index (χ0n) is 9.33. The summed E-state index contributed by atoms with van der Waals surface area (Å²) in [6, 6.07) is 0. The van der Waals surface area contributed by atoms with Crippen LogP contribution in [-0.2, 0) is 9.59 Å². The molecule has 0 aromatic heterocycles. The van der Waals surface area contributed by atoms with Crippen molar-refractivity contribution in [3.05, 3.63) is 0 Å². The summed E-state index contributed by atoms with van der Waals surface area (Å²) in [6.45, 7) is 5.81. The fourth-order valence-electron chi connectivity index (χ4n) is 1.75. The van der Waals surface area contributed by atoms with Crippen molar-refractivity contribution in [2.75, 3.05) is 13.6 Å². The van der Waals surface area contributed by atoms with Crippen molar-refractivity contribution in [2.24, 2.45) is 0 Å². The van der Waals surface area contributed by atoms with Gasteiger partial charge in [-0.25, -0.2) is 5.01 Å². The molecule has 1 amide bonds. The summed E-state index contributed by atoms with van der Waals surface area (Å²) in [5, 5.41) is 3.45. The average molecular weight is 198 g/mol. The van der Waals surface area contributed by atoms with Gasteiger partial charge in [0.25, 0.3) is 0 Å². The van der Waals surface area contributed by atoms with Crippen LogP contribution in [0.3, 0.4) is 0 Å². The van der Waals surface area contributed by atoms with Crippen LogP contribution < -0.4 is 0 Å². The predicted octanol–water partition coefficient (Wildman–Crippen LogP) is 0.823.